The van der Waals surface area contributed by atoms with Crippen molar-refractivity contribution in [3.8, 4) is 0 Å². The number of hydrogen-bond donors (Lipinski definition) is 1. The first kappa shape index (κ1) is 10.7. The summed E-state index contributed by atoms with van der Waals surface area (Å²) in [7, 11) is 0. The minimum absolute atomic E-state index is 0.300. The van der Waals surface area contributed by atoms with Crippen LogP contribution >= 0.6 is 0 Å². The maximum atomic E-state index is 11.5. The first-order valence-electron chi connectivity index (χ1n) is 5.72. The topological polar surface area (TPSA) is 46.5 Å². The van der Waals surface area contributed by atoms with E-state index in [0.717, 1.165) is 38.9 Å². The van der Waals surface area contributed by atoms with E-state index in [2.05, 4.69) is 6.08 Å². The van der Waals surface area contributed by atoms with Gasteiger partial charge in [-0.25, -0.2) is 0 Å². The molecule has 84 valence electrons. The van der Waals surface area contributed by atoms with E-state index in [0.29, 0.717) is 12.3 Å². The molecule has 1 aliphatic carbocycles. The Balaban J connectivity index is 2.17. The highest BCUT2D eigenvalue weighted by molar-refractivity contribution is 5.75. The SMILES string of the molecule is O=C(O)C1(C2CCOCC2)CC=CCC1. The molecule has 0 aromatic heterocycles. The number of allylic oxidation sites excluding steroid dienone is 2. The molecule has 1 N–H and O–H groups in total. The fraction of sp³-hybridized carbons (Fsp3) is 0.750. The molecule has 1 saturated heterocycles. The van der Waals surface area contributed by atoms with Gasteiger partial charge in [-0.2, -0.15) is 0 Å². The molecule has 0 spiro atoms. The average Bonchev–Trinajstić information content (AvgIpc) is 2.31. The van der Waals surface area contributed by atoms with E-state index in [4.69, 9.17) is 4.74 Å². The van der Waals surface area contributed by atoms with Crippen LogP contribution in [0.5, 0.6) is 0 Å². The van der Waals surface area contributed by atoms with Crippen LogP contribution in [0.25, 0.3) is 0 Å². The molecule has 0 bridgehead atoms. The van der Waals surface area contributed by atoms with Crippen LogP contribution in [0.1, 0.15) is 32.1 Å². The lowest BCUT2D eigenvalue weighted by atomic mass is 9.65. The fourth-order valence-electron chi connectivity index (χ4n) is 2.84. The van der Waals surface area contributed by atoms with E-state index < -0.39 is 11.4 Å². The van der Waals surface area contributed by atoms with Crippen molar-refractivity contribution in [2.45, 2.75) is 32.1 Å². The van der Waals surface area contributed by atoms with Crippen LogP contribution in [0.4, 0.5) is 0 Å². The second-order valence-electron chi connectivity index (χ2n) is 4.56. The summed E-state index contributed by atoms with van der Waals surface area (Å²) in [6, 6.07) is 0. The van der Waals surface area contributed by atoms with Crippen LogP contribution < -0.4 is 0 Å². The molecule has 1 atom stereocenters. The van der Waals surface area contributed by atoms with Gasteiger partial charge in [0.2, 0.25) is 0 Å². The Hall–Kier alpha value is -0.830. The van der Waals surface area contributed by atoms with Crippen LogP contribution in [0.2, 0.25) is 0 Å². The minimum atomic E-state index is -0.612. The van der Waals surface area contributed by atoms with Crippen molar-refractivity contribution in [1.29, 1.82) is 0 Å². The Bertz CT molecular complexity index is 266. The highest BCUT2D eigenvalue weighted by Crippen LogP contribution is 2.44. The summed E-state index contributed by atoms with van der Waals surface area (Å²) < 4.78 is 5.30. The molecule has 0 amide bonds. The molecule has 0 aromatic rings. The van der Waals surface area contributed by atoms with Gasteiger partial charge in [0.1, 0.15) is 0 Å². The number of aliphatic carboxylic acids is 1. The molecular formula is C12H18O3. The third kappa shape index (κ3) is 1.93. The van der Waals surface area contributed by atoms with Crippen LogP contribution in [-0.4, -0.2) is 24.3 Å². The maximum absolute atomic E-state index is 11.5. The van der Waals surface area contributed by atoms with E-state index in [-0.39, 0.29) is 0 Å². The predicted molar refractivity (Wildman–Crippen MR) is 56.6 cm³/mol. The molecule has 1 aliphatic heterocycles. The zero-order valence-electron chi connectivity index (χ0n) is 8.95. The third-order valence-electron chi connectivity index (χ3n) is 3.83. The van der Waals surface area contributed by atoms with Crippen molar-refractivity contribution >= 4 is 5.97 Å². The van der Waals surface area contributed by atoms with E-state index in [1.807, 2.05) is 6.08 Å². The normalized spacial score (nSPS) is 32.8. The minimum Gasteiger partial charge on any atom is -0.481 e. The maximum Gasteiger partial charge on any atom is 0.310 e. The van der Waals surface area contributed by atoms with E-state index >= 15 is 0 Å². The van der Waals surface area contributed by atoms with Gasteiger partial charge in [0.25, 0.3) is 0 Å². The number of carboxylic acid groups (broad SMARTS) is 1. The zero-order chi connectivity index (χ0) is 10.7. The van der Waals surface area contributed by atoms with Gasteiger partial charge in [-0.3, -0.25) is 4.79 Å². The highest BCUT2D eigenvalue weighted by Gasteiger charge is 2.45. The summed E-state index contributed by atoms with van der Waals surface area (Å²) in [6.07, 6.45) is 8.34. The summed E-state index contributed by atoms with van der Waals surface area (Å²) in [6.45, 7) is 1.45. The van der Waals surface area contributed by atoms with E-state index in [9.17, 15) is 9.90 Å². The van der Waals surface area contributed by atoms with Gasteiger partial charge in [0, 0.05) is 13.2 Å². The molecule has 2 aliphatic rings. The second-order valence-corrected chi connectivity index (χ2v) is 4.56. The largest absolute Gasteiger partial charge is 0.481 e. The van der Waals surface area contributed by atoms with Gasteiger partial charge < -0.3 is 9.84 Å². The van der Waals surface area contributed by atoms with Crippen molar-refractivity contribution in [3.05, 3.63) is 12.2 Å². The second kappa shape index (κ2) is 4.35. The van der Waals surface area contributed by atoms with Crippen molar-refractivity contribution in [2.75, 3.05) is 13.2 Å². The van der Waals surface area contributed by atoms with Gasteiger partial charge in [-0.05, 0) is 38.0 Å². The lowest BCUT2D eigenvalue weighted by Crippen LogP contribution is -2.42. The van der Waals surface area contributed by atoms with Crippen LogP contribution in [0, 0.1) is 11.3 Å². The smallest absolute Gasteiger partial charge is 0.310 e. The zero-order valence-corrected chi connectivity index (χ0v) is 8.95. The van der Waals surface area contributed by atoms with Crippen LogP contribution in [-0.2, 0) is 9.53 Å². The van der Waals surface area contributed by atoms with Gasteiger partial charge in [0.15, 0.2) is 0 Å². The first-order valence-corrected chi connectivity index (χ1v) is 5.72. The molecule has 3 heteroatoms. The Morgan fingerprint density at radius 2 is 2.07 bits per heavy atom. The van der Waals surface area contributed by atoms with Crippen molar-refractivity contribution in [3.63, 3.8) is 0 Å². The Kier molecular flexibility index (Phi) is 3.10. The van der Waals surface area contributed by atoms with E-state index in [1.165, 1.54) is 0 Å². The number of hydrogen-bond acceptors (Lipinski definition) is 2. The average molecular weight is 210 g/mol. The van der Waals surface area contributed by atoms with Crippen LogP contribution in [0.15, 0.2) is 12.2 Å². The number of ether oxygens (including phenoxy) is 1. The quantitative estimate of drug-likeness (QED) is 0.711. The van der Waals surface area contributed by atoms with Crippen molar-refractivity contribution < 1.29 is 14.6 Å². The molecule has 0 radical (unpaired) electrons. The molecule has 0 aromatic carbocycles. The number of rotatable bonds is 2. The number of carbonyl (C=O) groups is 1. The fourth-order valence-corrected chi connectivity index (χ4v) is 2.84. The van der Waals surface area contributed by atoms with Crippen LogP contribution in [0.3, 0.4) is 0 Å². The van der Waals surface area contributed by atoms with Crippen molar-refractivity contribution in [1.82, 2.24) is 0 Å². The number of carboxylic acids is 1. The summed E-state index contributed by atoms with van der Waals surface area (Å²) in [5.74, 6) is -0.313. The molecule has 3 nitrogen and oxygen atoms in total. The molecule has 1 unspecified atom stereocenters. The first-order chi connectivity index (χ1) is 7.26. The predicted octanol–water partition coefficient (Wildman–Crippen LogP) is 2.22. The summed E-state index contributed by atoms with van der Waals surface area (Å²) in [5.41, 5.74) is -0.501. The summed E-state index contributed by atoms with van der Waals surface area (Å²) in [5, 5.41) is 9.47. The standard InChI is InChI=1S/C12H18O3/c13-11(14)12(6-2-1-3-7-12)10-4-8-15-9-5-10/h1-2,10H,3-9H2,(H,13,14). The monoisotopic (exact) mass is 210 g/mol. The molecule has 15 heavy (non-hydrogen) atoms. The molecular weight excluding hydrogens is 192 g/mol. The Morgan fingerprint density at radius 3 is 2.60 bits per heavy atom. The van der Waals surface area contributed by atoms with Gasteiger partial charge >= 0.3 is 5.97 Å². The molecule has 1 fully saturated rings. The third-order valence-corrected chi connectivity index (χ3v) is 3.83. The lowest BCUT2D eigenvalue weighted by molar-refractivity contribution is -0.156. The van der Waals surface area contributed by atoms with Gasteiger partial charge in [-0.15, -0.1) is 0 Å². The Morgan fingerprint density at radius 1 is 1.33 bits per heavy atom. The van der Waals surface area contributed by atoms with Gasteiger partial charge in [0.05, 0.1) is 5.41 Å². The molecule has 0 saturated carbocycles. The molecule has 1 heterocycles. The summed E-state index contributed by atoms with van der Waals surface area (Å²) in [4.78, 5) is 11.5. The summed E-state index contributed by atoms with van der Waals surface area (Å²) >= 11 is 0. The van der Waals surface area contributed by atoms with E-state index in [1.54, 1.807) is 0 Å². The molecule has 2 rings (SSSR count). The van der Waals surface area contributed by atoms with Crippen molar-refractivity contribution in [2.24, 2.45) is 11.3 Å². The highest BCUT2D eigenvalue weighted by atomic mass is 16.5. The lowest BCUT2D eigenvalue weighted by Gasteiger charge is -2.40. The van der Waals surface area contributed by atoms with Gasteiger partial charge in [-0.1, -0.05) is 12.2 Å². The Labute approximate surface area is 90.1 Å².